The second-order valence-corrected chi connectivity index (χ2v) is 9.76. The average Bonchev–Trinajstić information content (AvgIpc) is 2.86. The number of hydrogen-bond acceptors (Lipinski definition) is 7. The van der Waals surface area contributed by atoms with Gasteiger partial charge in [0.15, 0.2) is 11.9 Å². The van der Waals surface area contributed by atoms with Crippen LogP contribution < -0.4 is 15.4 Å². The molecule has 0 saturated heterocycles. The van der Waals surface area contributed by atoms with E-state index in [4.69, 9.17) is 4.74 Å². The number of benzene rings is 3. The highest BCUT2D eigenvalue weighted by Gasteiger charge is 2.28. The van der Waals surface area contributed by atoms with Crippen LogP contribution in [0.4, 0.5) is 14.5 Å². The Bertz CT molecular complexity index is 1280. The zero-order valence-electron chi connectivity index (χ0n) is 20.2. The van der Waals surface area contributed by atoms with E-state index in [1.165, 1.54) is 19.2 Å². The van der Waals surface area contributed by atoms with E-state index in [-0.39, 0.29) is 29.8 Å². The van der Waals surface area contributed by atoms with Crippen molar-refractivity contribution in [2.45, 2.75) is 31.2 Å². The number of amides is 1. The lowest BCUT2D eigenvalue weighted by molar-refractivity contribution is -0.385. The summed E-state index contributed by atoms with van der Waals surface area (Å²) in [7, 11) is 1.25. The summed E-state index contributed by atoms with van der Waals surface area (Å²) in [4.78, 5) is 23.5. The minimum absolute atomic E-state index is 0.0122. The van der Waals surface area contributed by atoms with Crippen LogP contribution in [0.2, 0.25) is 0 Å². The minimum Gasteiger partial charge on any atom is -0.490 e. The van der Waals surface area contributed by atoms with Crippen molar-refractivity contribution in [2.75, 3.05) is 13.7 Å². The quantitative estimate of drug-likeness (QED) is 0.135. The maximum atomic E-state index is 13.8. The highest BCUT2D eigenvalue weighted by atomic mass is 127. The lowest BCUT2D eigenvalue weighted by atomic mass is 9.99. The predicted molar refractivity (Wildman–Crippen MR) is 143 cm³/mol. The van der Waals surface area contributed by atoms with Crippen LogP contribution >= 0.6 is 22.6 Å². The van der Waals surface area contributed by atoms with Gasteiger partial charge in [-0.05, 0) is 76.0 Å². The highest BCUT2D eigenvalue weighted by Crippen LogP contribution is 2.30. The molecule has 4 N–H and O–H groups in total. The fourth-order valence-electron chi connectivity index (χ4n) is 3.85. The molecule has 12 heteroatoms. The molecule has 9 nitrogen and oxygen atoms in total. The number of methoxy groups -OCH3 is 1. The number of ether oxygens (including phenoxy) is 1. The topological polar surface area (TPSA) is 134 Å². The van der Waals surface area contributed by atoms with Crippen LogP contribution in [0.25, 0.3) is 0 Å². The van der Waals surface area contributed by atoms with E-state index in [1.54, 1.807) is 0 Å². The number of rotatable bonds is 12. The largest absolute Gasteiger partial charge is 0.490 e. The molecule has 3 rings (SSSR count). The van der Waals surface area contributed by atoms with Gasteiger partial charge < -0.3 is 25.6 Å². The lowest BCUT2D eigenvalue weighted by Gasteiger charge is -2.26. The van der Waals surface area contributed by atoms with Gasteiger partial charge in [-0.3, -0.25) is 14.9 Å². The number of nitro benzene ring substituents is 1. The molecule has 0 radical (unpaired) electrons. The Kier molecular flexibility index (Phi) is 10.5. The Labute approximate surface area is 231 Å². The van der Waals surface area contributed by atoms with Gasteiger partial charge in [-0.25, -0.2) is 8.78 Å². The Morgan fingerprint density at radius 1 is 1.08 bits per heavy atom. The van der Waals surface area contributed by atoms with Crippen LogP contribution in [-0.2, 0) is 17.8 Å². The molecule has 0 aliphatic heterocycles. The van der Waals surface area contributed by atoms with E-state index in [0.717, 1.165) is 27.3 Å². The Hall–Kier alpha value is -3.20. The normalized spacial score (nSPS) is 13.4. The molecule has 38 heavy (non-hydrogen) atoms. The van der Waals surface area contributed by atoms with Gasteiger partial charge >= 0.3 is 5.69 Å². The van der Waals surface area contributed by atoms with Crippen molar-refractivity contribution in [3.8, 4) is 5.75 Å². The van der Waals surface area contributed by atoms with Crippen LogP contribution in [0.1, 0.15) is 22.8 Å². The lowest BCUT2D eigenvalue weighted by Crippen LogP contribution is -2.50. The van der Waals surface area contributed by atoms with Crippen molar-refractivity contribution in [3.63, 3.8) is 0 Å². The summed E-state index contributed by atoms with van der Waals surface area (Å²) in [5.41, 5.74) is 0.632. The molecule has 0 aliphatic rings. The predicted octanol–water partition coefficient (Wildman–Crippen LogP) is 3.40. The molecule has 1 unspecified atom stereocenters. The van der Waals surface area contributed by atoms with Crippen LogP contribution in [-0.4, -0.2) is 46.8 Å². The summed E-state index contributed by atoms with van der Waals surface area (Å²) >= 11 is 2.18. The number of hydrogen-bond donors (Lipinski definition) is 4. The molecule has 3 aromatic rings. The highest BCUT2D eigenvalue weighted by molar-refractivity contribution is 14.1. The molecule has 0 spiro atoms. The van der Waals surface area contributed by atoms with Crippen molar-refractivity contribution in [3.05, 3.63) is 103 Å². The molecular formula is C26H26F2IN3O6. The molecule has 1 amide bonds. The zero-order chi connectivity index (χ0) is 27.8. The van der Waals surface area contributed by atoms with Crippen LogP contribution in [0.5, 0.6) is 5.75 Å². The molecule has 0 saturated carbocycles. The molecule has 3 aromatic carbocycles. The summed E-state index contributed by atoms with van der Waals surface area (Å²) < 4.78 is 33.5. The number of aliphatic hydroxyl groups is 2. The number of nitro groups is 1. The van der Waals surface area contributed by atoms with Crippen LogP contribution in [0, 0.1) is 25.3 Å². The number of carbonyl (C=O) groups excluding carboxylic acids is 1. The molecule has 0 heterocycles. The molecular weight excluding hydrogens is 615 g/mol. The summed E-state index contributed by atoms with van der Waals surface area (Å²) in [6, 6.07) is 13.1. The Morgan fingerprint density at radius 3 is 2.42 bits per heavy atom. The maximum absolute atomic E-state index is 13.8. The second-order valence-electron chi connectivity index (χ2n) is 8.52. The Balaban J connectivity index is 1.77. The van der Waals surface area contributed by atoms with Gasteiger partial charge in [0.25, 0.3) is 5.91 Å². The summed E-state index contributed by atoms with van der Waals surface area (Å²) in [5.74, 6) is -2.64. The molecule has 0 fully saturated rings. The van der Waals surface area contributed by atoms with E-state index in [1.807, 2.05) is 24.3 Å². The number of nitrogens with one attached hydrogen (secondary N) is 2. The van der Waals surface area contributed by atoms with Crippen molar-refractivity contribution < 1.29 is 33.4 Å². The van der Waals surface area contributed by atoms with E-state index < -0.39 is 46.4 Å². The first-order valence-corrected chi connectivity index (χ1v) is 12.5. The third-order valence-electron chi connectivity index (χ3n) is 5.71. The molecule has 0 aromatic heterocycles. The fourth-order valence-corrected chi connectivity index (χ4v) is 4.46. The molecule has 202 valence electrons. The number of halogens is 3. The van der Waals surface area contributed by atoms with Gasteiger partial charge in [-0.2, -0.15) is 0 Å². The third-order valence-corrected chi connectivity index (χ3v) is 6.38. The third kappa shape index (κ3) is 8.15. The number of aliphatic hydroxyl groups excluding tert-OH is 2. The number of carbonyl (C=O) groups is 1. The summed E-state index contributed by atoms with van der Waals surface area (Å²) in [6.45, 7) is 0.430. The summed E-state index contributed by atoms with van der Waals surface area (Å²) in [6.07, 6.45) is -3.19. The van der Waals surface area contributed by atoms with Crippen molar-refractivity contribution >= 4 is 34.2 Å². The second kappa shape index (κ2) is 13.6. The van der Waals surface area contributed by atoms with E-state index in [0.29, 0.717) is 12.6 Å². The zero-order valence-corrected chi connectivity index (χ0v) is 22.4. The molecule has 0 bridgehead atoms. The van der Waals surface area contributed by atoms with Crippen molar-refractivity contribution in [1.82, 2.24) is 10.6 Å². The van der Waals surface area contributed by atoms with E-state index in [9.17, 15) is 33.9 Å². The van der Waals surface area contributed by atoms with Gasteiger partial charge in [0.05, 0.1) is 24.2 Å². The monoisotopic (exact) mass is 641 g/mol. The van der Waals surface area contributed by atoms with Gasteiger partial charge in [0.2, 0.25) is 0 Å². The first-order valence-electron chi connectivity index (χ1n) is 11.5. The van der Waals surface area contributed by atoms with Crippen LogP contribution in [0.15, 0.2) is 60.7 Å². The standard InChI is InChI=1S/C26H26F2IN3O6/c1-38-24-6-5-17(11-22(24)32(36)37)25(34)26(35)31-21(10-16-7-18(27)12-19(28)8-16)23(33)14-30-13-15-3-2-4-20(29)9-15/h2-9,11-12,21,23,25,30,33-34H,10,13-14H2,1H3,(H,31,35)/t21-,23-,25?/m0/s1. The Morgan fingerprint density at radius 2 is 1.79 bits per heavy atom. The minimum atomic E-state index is -1.82. The SMILES string of the molecule is COc1ccc(C(O)C(=O)N[C@@H](Cc2cc(F)cc(F)c2)[C@@H](O)CNCc2cccc(I)c2)cc1[N+](=O)[O-]. The van der Waals surface area contributed by atoms with Crippen molar-refractivity contribution in [2.24, 2.45) is 0 Å². The average molecular weight is 641 g/mol. The number of nitrogens with zero attached hydrogens (tertiary/aromatic N) is 1. The van der Waals surface area contributed by atoms with Gasteiger partial charge in [0, 0.05) is 28.8 Å². The maximum Gasteiger partial charge on any atom is 0.311 e. The molecule has 0 aliphatic carbocycles. The van der Waals surface area contributed by atoms with Crippen LogP contribution in [0.3, 0.4) is 0 Å². The van der Waals surface area contributed by atoms with Gasteiger partial charge in [0.1, 0.15) is 11.6 Å². The first-order chi connectivity index (χ1) is 18.1. The van der Waals surface area contributed by atoms with E-state index >= 15 is 0 Å². The molecule has 3 atom stereocenters. The van der Waals surface area contributed by atoms with Crippen molar-refractivity contribution in [1.29, 1.82) is 0 Å². The van der Waals surface area contributed by atoms with Gasteiger partial charge in [-0.1, -0.05) is 18.2 Å². The van der Waals surface area contributed by atoms with Gasteiger partial charge in [-0.15, -0.1) is 0 Å². The smallest absolute Gasteiger partial charge is 0.311 e. The fraction of sp³-hybridized carbons (Fsp3) is 0.269. The first kappa shape index (κ1) is 29.4. The van der Waals surface area contributed by atoms with E-state index in [2.05, 4.69) is 33.2 Å². The summed E-state index contributed by atoms with van der Waals surface area (Å²) in [5, 5.41) is 38.4.